The number of nitrogens with zero attached hydrogens (tertiary/aromatic N) is 5. The summed E-state index contributed by atoms with van der Waals surface area (Å²) in [4.78, 5) is 2.33. The molecule has 3 heterocycles. The second kappa shape index (κ2) is 6.36. The molecule has 0 amide bonds. The van der Waals surface area contributed by atoms with Crippen molar-refractivity contribution in [2.24, 2.45) is 0 Å². The van der Waals surface area contributed by atoms with Gasteiger partial charge in [-0.1, -0.05) is 6.42 Å². The van der Waals surface area contributed by atoms with Crippen LogP contribution in [0, 0.1) is 6.92 Å². The molecule has 1 aliphatic rings. The van der Waals surface area contributed by atoms with Gasteiger partial charge in [0, 0.05) is 13.1 Å². The Bertz CT molecular complexity index is 592. The van der Waals surface area contributed by atoms with E-state index in [2.05, 4.69) is 25.5 Å². The number of aliphatic hydroxyl groups is 1. The van der Waals surface area contributed by atoms with Crippen molar-refractivity contribution in [3.63, 3.8) is 0 Å². The first-order chi connectivity index (χ1) is 10.2. The van der Waals surface area contributed by atoms with Crippen LogP contribution in [0.25, 0.3) is 5.65 Å². The number of nitrogens with one attached hydrogen (secondary N) is 1. The van der Waals surface area contributed by atoms with Gasteiger partial charge in [0.25, 0.3) is 0 Å². The fourth-order valence-electron chi connectivity index (χ4n) is 2.72. The van der Waals surface area contributed by atoms with Gasteiger partial charge in [0.15, 0.2) is 11.5 Å². The zero-order valence-corrected chi connectivity index (χ0v) is 12.4. The number of anilines is 1. The Hall–Kier alpha value is -1.73. The molecule has 0 bridgehead atoms. The number of piperidine rings is 1. The van der Waals surface area contributed by atoms with Crippen LogP contribution in [0.4, 0.5) is 5.82 Å². The summed E-state index contributed by atoms with van der Waals surface area (Å²) in [5.74, 6) is 1.48. The Morgan fingerprint density at radius 3 is 2.86 bits per heavy atom. The number of aryl methyl sites for hydroxylation is 1. The maximum atomic E-state index is 10.1. The summed E-state index contributed by atoms with van der Waals surface area (Å²) in [6.07, 6.45) is 3.41. The maximum Gasteiger partial charge on any atom is 0.178 e. The van der Waals surface area contributed by atoms with Gasteiger partial charge in [-0.15, -0.1) is 15.3 Å². The van der Waals surface area contributed by atoms with E-state index in [1.165, 1.54) is 19.3 Å². The van der Waals surface area contributed by atoms with Gasteiger partial charge in [0.1, 0.15) is 5.82 Å². The highest BCUT2D eigenvalue weighted by Crippen LogP contribution is 2.10. The zero-order valence-electron chi connectivity index (χ0n) is 12.4. The lowest BCUT2D eigenvalue weighted by atomic mass is 10.1. The molecule has 1 fully saturated rings. The van der Waals surface area contributed by atoms with E-state index in [0.29, 0.717) is 6.54 Å². The number of β-amino-alcohol motifs (C(OH)–C–C–N with tert-alkyl or cyclic N) is 1. The van der Waals surface area contributed by atoms with E-state index in [1.807, 2.05) is 19.1 Å². The first-order valence-corrected chi connectivity index (χ1v) is 7.56. The van der Waals surface area contributed by atoms with Crippen molar-refractivity contribution >= 4 is 11.5 Å². The van der Waals surface area contributed by atoms with Crippen LogP contribution in [-0.2, 0) is 0 Å². The number of rotatable bonds is 5. The summed E-state index contributed by atoms with van der Waals surface area (Å²) in [7, 11) is 0. The lowest BCUT2D eigenvalue weighted by molar-refractivity contribution is 0.109. The first-order valence-electron chi connectivity index (χ1n) is 7.56. The second-order valence-corrected chi connectivity index (χ2v) is 5.63. The summed E-state index contributed by atoms with van der Waals surface area (Å²) in [5.41, 5.74) is 0.729. The van der Waals surface area contributed by atoms with Gasteiger partial charge in [-0.2, -0.15) is 4.52 Å². The minimum Gasteiger partial charge on any atom is -0.390 e. The highest BCUT2D eigenvalue weighted by Gasteiger charge is 2.14. The van der Waals surface area contributed by atoms with Crippen molar-refractivity contribution < 1.29 is 5.11 Å². The monoisotopic (exact) mass is 290 g/mol. The molecule has 2 N–H and O–H groups in total. The molecule has 1 aliphatic heterocycles. The van der Waals surface area contributed by atoms with Gasteiger partial charge < -0.3 is 15.3 Å². The highest BCUT2D eigenvalue weighted by molar-refractivity contribution is 5.43. The lowest BCUT2D eigenvalue weighted by Crippen LogP contribution is -2.39. The molecule has 0 spiro atoms. The minimum atomic E-state index is -0.386. The van der Waals surface area contributed by atoms with Crippen LogP contribution in [0.1, 0.15) is 25.1 Å². The quantitative estimate of drug-likeness (QED) is 0.843. The molecule has 7 nitrogen and oxygen atoms in total. The molecule has 114 valence electrons. The van der Waals surface area contributed by atoms with Crippen molar-refractivity contribution in [1.29, 1.82) is 0 Å². The number of likely N-dealkylation sites (tertiary alicyclic amines) is 1. The topological polar surface area (TPSA) is 78.6 Å². The van der Waals surface area contributed by atoms with Gasteiger partial charge in [-0.05, 0) is 45.0 Å². The van der Waals surface area contributed by atoms with E-state index in [9.17, 15) is 5.11 Å². The number of aromatic nitrogens is 4. The van der Waals surface area contributed by atoms with Crippen LogP contribution < -0.4 is 5.32 Å². The number of hydrogen-bond acceptors (Lipinski definition) is 6. The molecule has 7 heteroatoms. The smallest absolute Gasteiger partial charge is 0.178 e. The van der Waals surface area contributed by atoms with E-state index in [-0.39, 0.29) is 6.10 Å². The van der Waals surface area contributed by atoms with Gasteiger partial charge in [-0.25, -0.2) is 0 Å². The van der Waals surface area contributed by atoms with E-state index in [4.69, 9.17) is 0 Å². The van der Waals surface area contributed by atoms with Crippen molar-refractivity contribution in [3.8, 4) is 0 Å². The summed E-state index contributed by atoms with van der Waals surface area (Å²) >= 11 is 0. The molecule has 2 aromatic heterocycles. The average Bonchev–Trinajstić information content (AvgIpc) is 2.87. The molecule has 1 saturated heterocycles. The van der Waals surface area contributed by atoms with E-state index < -0.39 is 0 Å². The SMILES string of the molecule is Cc1nnc2ccc(NC[C@H](O)CN3CCCCC3)nn12. The lowest BCUT2D eigenvalue weighted by Gasteiger charge is -2.28. The summed E-state index contributed by atoms with van der Waals surface area (Å²) in [6, 6.07) is 3.73. The Morgan fingerprint density at radius 2 is 2.05 bits per heavy atom. The van der Waals surface area contributed by atoms with Gasteiger partial charge in [0.05, 0.1) is 6.10 Å². The van der Waals surface area contributed by atoms with E-state index in [0.717, 1.165) is 36.9 Å². The second-order valence-electron chi connectivity index (χ2n) is 5.63. The van der Waals surface area contributed by atoms with Crippen molar-refractivity contribution in [1.82, 2.24) is 24.7 Å². The third kappa shape index (κ3) is 3.48. The molecule has 0 saturated carbocycles. The molecule has 0 aromatic carbocycles. The maximum absolute atomic E-state index is 10.1. The van der Waals surface area contributed by atoms with Gasteiger partial charge in [0.2, 0.25) is 0 Å². The van der Waals surface area contributed by atoms with Crippen molar-refractivity contribution in [2.45, 2.75) is 32.3 Å². The van der Waals surface area contributed by atoms with Gasteiger partial charge in [-0.3, -0.25) is 0 Å². The van der Waals surface area contributed by atoms with Crippen LogP contribution in [-0.4, -0.2) is 62.1 Å². The third-order valence-electron chi connectivity index (χ3n) is 3.86. The highest BCUT2D eigenvalue weighted by atomic mass is 16.3. The van der Waals surface area contributed by atoms with Gasteiger partial charge >= 0.3 is 0 Å². The summed E-state index contributed by atoms with van der Waals surface area (Å²) < 4.78 is 1.69. The Morgan fingerprint density at radius 1 is 1.24 bits per heavy atom. The third-order valence-corrected chi connectivity index (χ3v) is 3.86. The molecule has 0 aliphatic carbocycles. The molecule has 2 aromatic rings. The number of hydrogen-bond donors (Lipinski definition) is 2. The zero-order chi connectivity index (χ0) is 14.7. The Kier molecular flexibility index (Phi) is 4.31. The minimum absolute atomic E-state index is 0.386. The molecule has 1 atom stereocenters. The van der Waals surface area contributed by atoms with E-state index in [1.54, 1.807) is 4.52 Å². The Balaban J connectivity index is 1.54. The number of fused-ring (bicyclic) bond motifs is 1. The standard InChI is InChI=1S/C14H22N6O/c1-11-16-17-14-6-5-13(18-20(11)14)15-9-12(21)10-19-7-3-2-4-8-19/h5-6,12,21H,2-4,7-10H2,1H3,(H,15,18)/t12-/m0/s1. The van der Waals surface area contributed by atoms with Crippen LogP contribution in [0.3, 0.4) is 0 Å². The van der Waals surface area contributed by atoms with E-state index >= 15 is 0 Å². The fourth-order valence-corrected chi connectivity index (χ4v) is 2.72. The molecular formula is C14H22N6O. The van der Waals surface area contributed by atoms with Crippen LogP contribution in [0.15, 0.2) is 12.1 Å². The van der Waals surface area contributed by atoms with Crippen LogP contribution >= 0.6 is 0 Å². The van der Waals surface area contributed by atoms with Crippen LogP contribution in [0.5, 0.6) is 0 Å². The van der Waals surface area contributed by atoms with Crippen molar-refractivity contribution in [2.75, 3.05) is 31.5 Å². The predicted molar refractivity (Wildman–Crippen MR) is 80.3 cm³/mol. The molecule has 0 radical (unpaired) electrons. The largest absolute Gasteiger partial charge is 0.390 e. The molecule has 21 heavy (non-hydrogen) atoms. The Labute approximate surface area is 124 Å². The normalized spacial score (nSPS) is 18.0. The molecule has 0 unspecified atom stereocenters. The average molecular weight is 290 g/mol. The van der Waals surface area contributed by atoms with Crippen LogP contribution in [0.2, 0.25) is 0 Å². The molecule has 3 rings (SSSR count). The van der Waals surface area contributed by atoms with Crippen molar-refractivity contribution in [3.05, 3.63) is 18.0 Å². The summed E-state index contributed by atoms with van der Waals surface area (Å²) in [6.45, 7) is 5.28. The number of aliphatic hydroxyl groups excluding tert-OH is 1. The first kappa shape index (κ1) is 14.2. The summed E-state index contributed by atoms with van der Waals surface area (Å²) in [5, 5.41) is 25.7. The molecular weight excluding hydrogens is 268 g/mol. The predicted octanol–water partition coefficient (Wildman–Crippen LogP) is 0.691. The fraction of sp³-hybridized carbons (Fsp3) is 0.643.